The molecule has 0 radical (unpaired) electrons. The number of halogens is 3. The lowest BCUT2D eigenvalue weighted by molar-refractivity contribution is 0.107. The molecule has 21 heavy (non-hydrogen) atoms. The van der Waals surface area contributed by atoms with Crippen molar-refractivity contribution in [3.63, 3.8) is 0 Å². The maximum absolute atomic E-state index is 13.7. The van der Waals surface area contributed by atoms with Crippen molar-refractivity contribution in [2.75, 3.05) is 6.54 Å². The summed E-state index contributed by atoms with van der Waals surface area (Å²) in [5.41, 5.74) is 0. The van der Waals surface area contributed by atoms with Gasteiger partial charge in [0.1, 0.15) is 16.5 Å². The standard InChI is InChI=1S/C13H18BrF2NO3S/c1-3-8(4-2)12(18)7-17-21(19,20)13-10(14)5-9(15)6-11(13)16/h5-6,8,12,17-18H,3-4,7H2,1-2H3. The Morgan fingerprint density at radius 1 is 1.29 bits per heavy atom. The SMILES string of the molecule is CCC(CC)C(O)CNS(=O)(=O)c1c(F)cc(F)cc1Br. The molecule has 8 heteroatoms. The first-order chi connectivity index (χ1) is 9.72. The van der Waals surface area contributed by atoms with Crippen LogP contribution in [0.1, 0.15) is 26.7 Å². The molecule has 0 aliphatic carbocycles. The second kappa shape index (κ2) is 7.62. The van der Waals surface area contributed by atoms with E-state index in [1.807, 2.05) is 13.8 Å². The van der Waals surface area contributed by atoms with Gasteiger partial charge in [0.05, 0.1) is 6.10 Å². The lowest BCUT2D eigenvalue weighted by atomic mass is 9.97. The molecule has 0 amide bonds. The van der Waals surface area contributed by atoms with Crippen molar-refractivity contribution in [2.45, 2.75) is 37.7 Å². The maximum atomic E-state index is 13.7. The van der Waals surface area contributed by atoms with E-state index in [1.54, 1.807) is 0 Å². The summed E-state index contributed by atoms with van der Waals surface area (Å²) >= 11 is 2.84. The van der Waals surface area contributed by atoms with Gasteiger partial charge >= 0.3 is 0 Å². The Bertz CT molecular complexity index is 568. The quantitative estimate of drug-likeness (QED) is 0.758. The second-order valence-corrected chi connectivity index (χ2v) is 7.25. The number of benzene rings is 1. The van der Waals surface area contributed by atoms with Crippen molar-refractivity contribution < 1.29 is 22.3 Å². The molecule has 1 aromatic carbocycles. The summed E-state index contributed by atoms with van der Waals surface area (Å²) in [4.78, 5) is -0.666. The molecule has 120 valence electrons. The van der Waals surface area contributed by atoms with Crippen LogP contribution in [0.3, 0.4) is 0 Å². The summed E-state index contributed by atoms with van der Waals surface area (Å²) in [7, 11) is -4.18. The summed E-state index contributed by atoms with van der Waals surface area (Å²) in [5.74, 6) is -2.11. The van der Waals surface area contributed by atoms with Crippen LogP contribution in [0.25, 0.3) is 0 Å². The summed E-state index contributed by atoms with van der Waals surface area (Å²) in [6.45, 7) is 3.56. The topological polar surface area (TPSA) is 66.4 Å². The van der Waals surface area contributed by atoms with Crippen LogP contribution in [0.2, 0.25) is 0 Å². The molecule has 1 rings (SSSR count). The number of nitrogens with one attached hydrogen (secondary N) is 1. The molecule has 0 aromatic heterocycles. The van der Waals surface area contributed by atoms with Crippen molar-refractivity contribution in [1.29, 1.82) is 0 Å². The monoisotopic (exact) mass is 385 g/mol. The smallest absolute Gasteiger partial charge is 0.244 e. The normalized spacial score (nSPS) is 13.7. The fourth-order valence-electron chi connectivity index (χ4n) is 2.05. The largest absolute Gasteiger partial charge is 0.391 e. The molecule has 0 aliphatic rings. The molecule has 2 N–H and O–H groups in total. The zero-order valence-corrected chi connectivity index (χ0v) is 14.1. The Hall–Kier alpha value is -0.570. The number of aliphatic hydroxyl groups is 1. The van der Waals surface area contributed by atoms with E-state index in [0.29, 0.717) is 18.9 Å². The van der Waals surface area contributed by atoms with Gasteiger partial charge in [-0.25, -0.2) is 21.9 Å². The highest BCUT2D eigenvalue weighted by Gasteiger charge is 2.25. The Morgan fingerprint density at radius 2 is 1.86 bits per heavy atom. The molecular weight excluding hydrogens is 368 g/mol. The first-order valence-electron chi connectivity index (χ1n) is 6.55. The number of sulfonamides is 1. The van der Waals surface area contributed by atoms with Crippen LogP contribution in [0, 0.1) is 17.6 Å². The number of rotatable bonds is 7. The van der Waals surface area contributed by atoms with E-state index >= 15 is 0 Å². The van der Waals surface area contributed by atoms with Crippen LogP contribution >= 0.6 is 15.9 Å². The molecular formula is C13H18BrF2NO3S. The van der Waals surface area contributed by atoms with Crippen molar-refractivity contribution in [3.8, 4) is 0 Å². The van der Waals surface area contributed by atoms with Gasteiger partial charge in [0.2, 0.25) is 10.0 Å². The Kier molecular flexibility index (Phi) is 6.71. The van der Waals surface area contributed by atoms with Crippen LogP contribution in [-0.2, 0) is 10.0 Å². The lowest BCUT2D eigenvalue weighted by Gasteiger charge is -2.20. The minimum atomic E-state index is -4.18. The Morgan fingerprint density at radius 3 is 2.33 bits per heavy atom. The summed E-state index contributed by atoms with van der Waals surface area (Å²) < 4.78 is 52.8. The van der Waals surface area contributed by atoms with Crippen molar-refractivity contribution in [3.05, 3.63) is 28.2 Å². The van der Waals surface area contributed by atoms with Crippen molar-refractivity contribution in [2.24, 2.45) is 5.92 Å². The predicted molar refractivity (Wildman–Crippen MR) is 79.3 cm³/mol. The van der Waals surface area contributed by atoms with Crippen LogP contribution in [0.15, 0.2) is 21.5 Å². The summed E-state index contributed by atoms with van der Waals surface area (Å²) in [6.07, 6.45) is 0.541. The fraction of sp³-hybridized carbons (Fsp3) is 0.538. The highest BCUT2D eigenvalue weighted by molar-refractivity contribution is 9.10. The molecule has 0 heterocycles. The van der Waals surface area contributed by atoms with Gasteiger partial charge in [-0.3, -0.25) is 0 Å². The predicted octanol–water partition coefficient (Wildman–Crippen LogP) is 2.80. The maximum Gasteiger partial charge on any atom is 0.244 e. The Labute approximate surface area is 131 Å². The van der Waals surface area contributed by atoms with Gasteiger partial charge in [0, 0.05) is 17.1 Å². The molecule has 0 spiro atoms. The minimum Gasteiger partial charge on any atom is -0.391 e. The second-order valence-electron chi connectivity index (χ2n) is 4.69. The summed E-state index contributed by atoms with van der Waals surface area (Å²) in [5, 5.41) is 9.91. The van der Waals surface area contributed by atoms with E-state index in [0.717, 1.165) is 6.07 Å². The molecule has 0 bridgehead atoms. The van der Waals surface area contributed by atoms with Crippen LogP contribution in [0.5, 0.6) is 0 Å². The van der Waals surface area contributed by atoms with Gasteiger partial charge in [-0.2, -0.15) is 0 Å². The van der Waals surface area contributed by atoms with Gasteiger partial charge in [-0.1, -0.05) is 26.7 Å². The third-order valence-corrected chi connectivity index (χ3v) is 5.69. The van der Waals surface area contributed by atoms with Crippen LogP contribution < -0.4 is 4.72 Å². The van der Waals surface area contributed by atoms with Gasteiger partial charge in [0.25, 0.3) is 0 Å². The van der Waals surface area contributed by atoms with Crippen molar-refractivity contribution >= 4 is 26.0 Å². The molecule has 4 nitrogen and oxygen atoms in total. The average Bonchev–Trinajstić information content (AvgIpc) is 2.36. The minimum absolute atomic E-state index is 0.0470. The first kappa shape index (κ1) is 18.5. The summed E-state index contributed by atoms with van der Waals surface area (Å²) in [6, 6.07) is 1.37. The highest BCUT2D eigenvalue weighted by atomic mass is 79.9. The molecule has 0 aliphatic heterocycles. The molecule has 0 fully saturated rings. The van der Waals surface area contributed by atoms with Crippen molar-refractivity contribution in [1.82, 2.24) is 4.72 Å². The van der Waals surface area contributed by atoms with E-state index in [-0.39, 0.29) is 16.9 Å². The van der Waals surface area contributed by atoms with E-state index in [1.165, 1.54) is 0 Å². The zero-order valence-electron chi connectivity index (χ0n) is 11.7. The number of hydrogen-bond acceptors (Lipinski definition) is 3. The Balaban J connectivity index is 2.93. The number of aliphatic hydroxyl groups excluding tert-OH is 1. The van der Waals surface area contributed by atoms with E-state index in [2.05, 4.69) is 20.7 Å². The van der Waals surface area contributed by atoms with Gasteiger partial charge in [0.15, 0.2) is 0 Å². The average molecular weight is 386 g/mol. The van der Waals surface area contributed by atoms with Crippen LogP contribution in [0.4, 0.5) is 8.78 Å². The van der Waals surface area contributed by atoms with Gasteiger partial charge in [-0.05, 0) is 27.9 Å². The molecule has 0 saturated heterocycles. The first-order valence-corrected chi connectivity index (χ1v) is 8.82. The molecule has 1 aromatic rings. The van der Waals surface area contributed by atoms with E-state index in [9.17, 15) is 22.3 Å². The lowest BCUT2D eigenvalue weighted by Crippen LogP contribution is -2.36. The fourth-order valence-corrected chi connectivity index (χ4v) is 4.27. The molecule has 1 unspecified atom stereocenters. The van der Waals surface area contributed by atoms with E-state index < -0.39 is 32.7 Å². The third kappa shape index (κ3) is 4.70. The zero-order chi connectivity index (χ0) is 16.2. The third-order valence-electron chi connectivity index (χ3n) is 3.31. The molecule has 0 saturated carbocycles. The van der Waals surface area contributed by atoms with Gasteiger partial charge in [-0.15, -0.1) is 0 Å². The van der Waals surface area contributed by atoms with E-state index in [4.69, 9.17) is 0 Å². The molecule has 1 atom stereocenters. The van der Waals surface area contributed by atoms with Gasteiger partial charge < -0.3 is 5.11 Å². The highest BCUT2D eigenvalue weighted by Crippen LogP contribution is 2.26. The number of hydrogen-bond donors (Lipinski definition) is 2. The van der Waals surface area contributed by atoms with Crippen LogP contribution in [-0.4, -0.2) is 26.2 Å².